The molecule has 0 aliphatic carbocycles. The summed E-state index contributed by atoms with van der Waals surface area (Å²) < 4.78 is 22.7. The predicted octanol–water partition coefficient (Wildman–Crippen LogP) is 4.30. The fourth-order valence-corrected chi connectivity index (χ4v) is 3.73. The van der Waals surface area contributed by atoms with Gasteiger partial charge in [0.2, 0.25) is 5.75 Å². The Hall–Kier alpha value is -3.79. The van der Waals surface area contributed by atoms with Gasteiger partial charge >= 0.3 is 0 Å². The maximum absolute atomic E-state index is 12.8. The van der Waals surface area contributed by atoms with Gasteiger partial charge in [0.05, 0.1) is 30.5 Å². The number of rotatable bonds is 11. The van der Waals surface area contributed by atoms with Crippen LogP contribution in [-0.2, 0) is 6.61 Å². The Kier molecular flexibility index (Phi) is 9.31. The molecule has 1 aromatic heterocycles. The number of ether oxygens (including phenoxy) is 4. The van der Waals surface area contributed by atoms with Gasteiger partial charge in [-0.05, 0) is 58.0 Å². The quantitative estimate of drug-likeness (QED) is 0.379. The zero-order valence-electron chi connectivity index (χ0n) is 20.2. The molecule has 0 aliphatic heterocycles. The molecule has 0 fully saturated rings. The number of carbonyl (C=O) groups excluding carboxylic acids is 2. The fourth-order valence-electron chi connectivity index (χ4n) is 3.14. The minimum Gasteiger partial charge on any atom is -0.490 e. The number of carbonyl (C=O) groups is 2. The minimum atomic E-state index is -0.533. The molecule has 0 spiro atoms. The van der Waals surface area contributed by atoms with Crippen molar-refractivity contribution in [3.8, 4) is 23.0 Å². The second-order valence-electron chi connectivity index (χ2n) is 7.18. The molecule has 0 saturated carbocycles. The van der Waals surface area contributed by atoms with E-state index in [-0.39, 0.29) is 5.56 Å². The van der Waals surface area contributed by atoms with Crippen LogP contribution >= 0.6 is 11.3 Å². The van der Waals surface area contributed by atoms with Crippen LogP contribution in [0.5, 0.6) is 23.0 Å². The van der Waals surface area contributed by atoms with E-state index in [1.165, 1.54) is 0 Å². The molecular formula is C25H29N3O6S. The average Bonchev–Trinajstić information content (AvgIpc) is 3.28. The second kappa shape index (κ2) is 12.6. The van der Waals surface area contributed by atoms with Gasteiger partial charge < -0.3 is 18.9 Å². The summed E-state index contributed by atoms with van der Waals surface area (Å²) in [4.78, 5) is 29.8. The first-order valence-electron chi connectivity index (χ1n) is 11.3. The number of nitrogens with one attached hydrogen (secondary N) is 2. The lowest BCUT2D eigenvalue weighted by molar-refractivity contribution is 0.0846. The summed E-state index contributed by atoms with van der Waals surface area (Å²) in [5, 5.41) is 2.89. The normalized spacial score (nSPS) is 10.4. The third kappa shape index (κ3) is 7.10. The van der Waals surface area contributed by atoms with Gasteiger partial charge in [-0.1, -0.05) is 6.07 Å². The Labute approximate surface area is 208 Å². The van der Waals surface area contributed by atoms with Crippen molar-refractivity contribution in [2.75, 3.05) is 19.8 Å². The van der Waals surface area contributed by atoms with Crippen molar-refractivity contribution in [3.05, 3.63) is 63.6 Å². The van der Waals surface area contributed by atoms with Crippen LogP contribution in [0.4, 0.5) is 0 Å². The standard InChI is InChI=1S/C25H29N3O6S/c1-5-31-21-12-18(13-22(32-6-2)23(21)33-7-3)25(30)28-27-24(29)17-9-8-10-20(11-17)34-14-19-15-35-16(4)26-19/h8-13,15H,5-7,14H2,1-4H3,(H,27,29)(H,28,30). The number of aryl methyl sites for hydroxylation is 1. The predicted molar refractivity (Wildman–Crippen MR) is 133 cm³/mol. The Morgan fingerprint density at radius 3 is 2.06 bits per heavy atom. The first-order chi connectivity index (χ1) is 16.9. The molecule has 2 amide bonds. The molecule has 0 saturated heterocycles. The van der Waals surface area contributed by atoms with Crippen LogP contribution < -0.4 is 29.8 Å². The van der Waals surface area contributed by atoms with E-state index in [0.29, 0.717) is 55.0 Å². The summed E-state index contributed by atoms with van der Waals surface area (Å²) in [7, 11) is 0. The van der Waals surface area contributed by atoms with Crippen LogP contribution in [0.2, 0.25) is 0 Å². The first-order valence-corrected chi connectivity index (χ1v) is 12.1. The molecule has 2 aromatic carbocycles. The van der Waals surface area contributed by atoms with E-state index in [0.717, 1.165) is 10.7 Å². The van der Waals surface area contributed by atoms with Crippen molar-refractivity contribution in [1.29, 1.82) is 0 Å². The molecule has 0 unspecified atom stereocenters. The number of benzene rings is 2. The SMILES string of the molecule is CCOc1cc(C(=O)NNC(=O)c2cccc(OCc3csc(C)n3)c2)cc(OCC)c1OCC. The van der Waals surface area contributed by atoms with Crippen molar-refractivity contribution >= 4 is 23.2 Å². The van der Waals surface area contributed by atoms with Gasteiger partial charge in [-0.2, -0.15) is 0 Å². The molecule has 35 heavy (non-hydrogen) atoms. The summed E-state index contributed by atoms with van der Waals surface area (Å²) in [5.74, 6) is 0.697. The van der Waals surface area contributed by atoms with Crippen LogP contribution in [-0.4, -0.2) is 36.6 Å². The summed E-state index contributed by atoms with van der Waals surface area (Å²) in [6, 6.07) is 9.77. The highest BCUT2D eigenvalue weighted by Crippen LogP contribution is 2.39. The molecular weight excluding hydrogens is 470 g/mol. The molecule has 9 nitrogen and oxygen atoms in total. The molecule has 10 heteroatoms. The maximum atomic E-state index is 12.8. The fraction of sp³-hybridized carbons (Fsp3) is 0.320. The largest absolute Gasteiger partial charge is 0.490 e. The van der Waals surface area contributed by atoms with E-state index in [9.17, 15) is 9.59 Å². The number of nitrogens with zero attached hydrogens (tertiary/aromatic N) is 1. The number of hydrogen-bond donors (Lipinski definition) is 2. The Morgan fingerprint density at radius 1 is 0.857 bits per heavy atom. The topological polar surface area (TPSA) is 108 Å². The summed E-state index contributed by atoms with van der Waals surface area (Å²) in [6.45, 7) is 8.92. The third-order valence-corrected chi connectivity index (χ3v) is 5.43. The summed E-state index contributed by atoms with van der Waals surface area (Å²) in [5.41, 5.74) is 6.25. The van der Waals surface area contributed by atoms with Crippen molar-refractivity contribution < 1.29 is 28.5 Å². The highest BCUT2D eigenvalue weighted by molar-refractivity contribution is 7.09. The molecule has 3 rings (SSSR count). The highest BCUT2D eigenvalue weighted by Gasteiger charge is 2.19. The van der Waals surface area contributed by atoms with Gasteiger partial charge in [0, 0.05) is 16.5 Å². The van der Waals surface area contributed by atoms with Crippen molar-refractivity contribution in [1.82, 2.24) is 15.8 Å². The van der Waals surface area contributed by atoms with E-state index < -0.39 is 11.8 Å². The van der Waals surface area contributed by atoms with Crippen LogP contribution in [0.15, 0.2) is 41.8 Å². The lowest BCUT2D eigenvalue weighted by atomic mass is 10.1. The van der Waals surface area contributed by atoms with Crippen molar-refractivity contribution in [2.45, 2.75) is 34.3 Å². The van der Waals surface area contributed by atoms with E-state index in [1.807, 2.05) is 33.1 Å². The molecule has 2 N–H and O–H groups in total. The van der Waals surface area contributed by atoms with Gasteiger partial charge in [0.15, 0.2) is 11.5 Å². The maximum Gasteiger partial charge on any atom is 0.269 e. The smallest absolute Gasteiger partial charge is 0.269 e. The highest BCUT2D eigenvalue weighted by atomic mass is 32.1. The number of hydrazine groups is 1. The number of hydrogen-bond acceptors (Lipinski definition) is 8. The molecule has 0 atom stereocenters. The number of amides is 2. The van der Waals surface area contributed by atoms with Gasteiger partial charge in [-0.25, -0.2) is 4.98 Å². The zero-order chi connectivity index (χ0) is 25.2. The zero-order valence-corrected chi connectivity index (χ0v) is 21.0. The Bertz CT molecular complexity index is 1140. The molecule has 186 valence electrons. The van der Waals surface area contributed by atoms with Crippen LogP contribution in [0.1, 0.15) is 52.2 Å². The van der Waals surface area contributed by atoms with Gasteiger partial charge in [0.1, 0.15) is 12.4 Å². The van der Waals surface area contributed by atoms with Gasteiger partial charge in [-0.3, -0.25) is 20.4 Å². The minimum absolute atomic E-state index is 0.247. The molecule has 0 radical (unpaired) electrons. The molecule has 0 aliphatic rings. The number of thiazole rings is 1. The first kappa shape index (κ1) is 25.8. The second-order valence-corrected chi connectivity index (χ2v) is 8.25. The number of aromatic nitrogens is 1. The van der Waals surface area contributed by atoms with Crippen molar-refractivity contribution in [3.63, 3.8) is 0 Å². The summed E-state index contributed by atoms with van der Waals surface area (Å²) >= 11 is 1.55. The summed E-state index contributed by atoms with van der Waals surface area (Å²) in [6.07, 6.45) is 0. The van der Waals surface area contributed by atoms with E-state index >= 15 is 0 Å². The van der Waals surface area contributed by atoms with Gasteiger partial charge in [-0.15, -0.1) is 11.3 Å². The molecule has 3 aromatic rings. The lowest BCUT2D eigenvalue weighted by Gasteiger charge is -2.17. The average molecular weight is 500 g/mol. The van der Waals surface area contributed by atoms with Crippen LogP contribution in [0, 0.1) is 6.92 Å². The Balaban J connectivity index is 1.67. The lowest BCUT2D eigenvalue weighted by Crippen LogP contribution is -2.41. The van der Waals surface area contributed by atoms with E-state index in [2.05, 4.69) is 15.8 Å². The van der Waals surface area contributed by atoms with E-state index in [1.54, 1.807) is 47.7 Å². The van der Waals surface area contributed by atoms with Crippen LogP contribution in [0.25, 0.3) is 0 Å². The monoisotopic (exact) mass is 499 g/mol. The van der Waals surface area contributed by atoms with Gasteiger partial charge in [0.25, 0.3) is 11.8 Å². The Morgan fingerprint density at radius 2 is 1.49 bits per heavy atom. The van der Waals surface area contributed by atoms with Crippen molar-refractivity contribution in [2.24, 2.45) is 0 Å². The van der Waals surface area contributed by atoms with Crippen LogP contribution in [0.3, 0.4) is 0 Å². The third-order valence-electron chi connectivity index (χ3n) is 4.61. The molecule has 0 bridgehead atoms. The van der Waals surface area contributed by atoms with E-state index in [4.69, 9.17) is 18.9 Å². The molecule has 1 heterocycles.